The monoisotopic (exact) mass is 453 g/mol. The molecule has 1 saturated heterocycles. The lowest BCUT2D eigenvalue weighted by Gasteiger charge is -2.11. The van der Waals surface area contributed by atoms with Crippen LogP contribution in [0.25, 0.3) is 0 Å². The average molecular weight is 454 g/mol. The third kappa shape index (κ3) is 5.59. The van der Waals surface area contributed by atoms with Gasteiger partial charge >= 0.3 is 6.03 Å². The minimum absolute atomic E-state index is 0.335. The van der Waals surface area contributed by atoms with E-state index in [4.69, 9.17) is 4.74 Å². The van der Waals surface area contributed by atoms with E-state index >= 15 is 0 Å². The van der Waals surface area contributed by atoms with Crippen molar-refractivity contribution in [1.29, 1.82) is 0 Å². The number of rotatable bonds is 7. The number of methoxy groups -OCH3 is 1. The molecule has 1 unspecified atom stereocenters. The maximum Gasteiger partial charge on any atom is 0.324 e. The second-order valence-corrected chi connectivity index (χ2v) is 8.84. The van der Waals surface area contributed by atoms with Crippen molar-refractivity contribution in [2.24, 2.45) is 0 Å². The molecule has 9 nitrogen and oxygen atoms in total. The van der Waals surface area contributed by atoms with Crippen LogP contribution in [0.4, 0.5) is 27.8 Å². The van der Waals surface area contributed by atoms with Crippen LogP contribution in [0.5, 0.6) is 5.75 Å². The number of urea groups is 1. The van der Waals surface area contributed by atoms with Gasteiger partial charge in [-0.1, -0.05) is 16.3 Å². The Morgan fingerprint density at radius 1 is 0.969 bits per heavy atom. The zero-order valence-electron chi connectivity index (χ0n) is 17.6. The summed E-state index contributed by atoms with van der Waals surface area (Å²) >= 11 is 0. The Labute approximate surface area is 188 Å². The summed E-state index contributed by atoms with van der Waals surface area (Å²) < 4.78 is 19.9. The Bertz CT molecular complexity index is 1120. The van der Waals surface area contributed by atoms with Crippen LogP contribution >= 0.6 is 0 Å². The number of ether oxygens (including phenoxy) is 1. The van der Waals surface area contributed by atoms with E-state index in [1.165, 1.54) is 6.33 Å². The van der Waals surface area contributed by atoms with Gasteiger partial charge in [-0.2, -0.15) is 0 Å². The molecule has 2 aromatic carbocycles. The molecule has 1 aliphatic heterocycles. The van der Waals surface area contributed by atoms with Gasteiger partial charge in [-0.15, -0.1) is 4.31 Å². The molecule has 0 radical (unpaired) electrons. The van der Waals surface area contributed by atoms with Gasteiger partial charge in [0.25, 0.3) is 0 Å². The molecule has 0 saturated carbocycles. The van der Waals surface area contributed by atoms with Crippen LogP contribution in [-0.2, 0) is 15.2 Å². The number of hydrogen-bond acceptors (Lipinski definition) is 6. The number of aromatic nitrogens is 2. The molecule has 0 bridgehead atoms. The molecular weight excluding hydrogens is 428 g/mol. The second kappa shape index (κ2) is 10.2. The molecule has 1 aliphatic rings. The molecule has 4 rings (SSSR count). The van der Waals surface area contributed by atoms with E-state index in [0.29, 0.717) is 23.1 Å². The number of amides is 2. The molecule has 1 atom stereocenters. The van der Waals surface area contributed by atoms with Gasteiger partial charge in [0.1, 0.15) is 23.7 Å². The van der Waals surface area contributed by atoms with E-state index in [1.54, 1.807) is 37.4 Å². The van der Waals surface area contributed by atoms with Crippen LogP contribution < -0.4 is 20.7 Å². The molecule has 3 N–H and O–H groups in total. The summed E-state index contributed by atoms with van der Waals surface area (Å²) in [5.41, 5.74) is 1.36. The largest absolute Gasteiger partial charge is 0.497 e. The second-order valence-electron chi connectivity index (χ2n) is 7.21. The van der Waals surface area contributed by atoms with Crippen LogP contribution in [0, 0.1) is 0 Å². The first kappa shape index (κ1) is 21.7. The molecule has 2 amide bonds. The molecule has 0 spiro atoms. The summed E-state index contributed by atoms with van der Waals surface area (Å²) in [6.45, 7) is 1.73. The molecular formula is C22H25N6O3S+. The van der Waals surface area contributed by atoms with Crippen molar-refractivity contribution in [1.82, 2.24) is 14.3 Å². The first-order valence-corrected chi connectivity index (χ1v) is 11.5. The highest BCUT2D eigenvalue weighted by Gasteiger charge is 2.25. The van der Waals surface area contributed by atoms with Crippen LogP contribution in [0.1, 0.15) is 12.8 Å². The zero-order valence-corrected chi connectivity index (χ0v) is 18.5. The van der Waals surface area contributed by atoms with Crippen LogP contribution in [0.2, 0.25) is 0 Å². The Hall–Kier alpha value is -3.50. The SMILES string of the molecule is COc1cccc(NC(=O)Nc2cc(Nc3cccc([SH+](=O)N4CCCC4)c3)ncn2)c1. The van der Waals surface area contributed by atoms with Crippen molar-refractivity contribution in [3.8, 4) is 5.75 Å². The number of thiol groups is 1. The predicted molar refractivity (Wildman–Crippen MR) is 126 cm³/mol. The summed E-state index contributed by atoms with van der Waals surface area (Å²) in [6, 6.07) is 15.7. The molecule has 32 heavy (non-hydrogen) atoms. The molecule has 0 aliphatic carbocycles. The summed E-state index contributed by atoms with van der Waals surface area (Å²) in [5.74, 6) is 1.48. The van der Waals surface area contributed by atoms with Gasteiger partial charge in [0, 0.05) is 42.7 Å². The maximum absolute atomic E-state index is 12.8. The highest BCUT2D eigenvalue weighted by atomic mass is 32.2. The van der Waals surface area contributed by atoms with E-state index in [-0.39, 0.29) is 0 Å². The van der Waals surface area contributed by atoms with E-state index < -0.39 is 17.0 Å². The Balaban J connectivity index is 1.40. The quantitative estimate of drug-likeness (QED) is 0.369. The van der Waals surface area contributed by atoms with Crippen LogP contribution in [0.3, 0.4) is 0 Å². The number of carbonyl (C=O) groups excluding carboxylic acids is 1. The van der Waals surface area contributed by atoms with Crippen molar-refractivity contribution >= 4 is 40.0 Å². The van der Waals surface area contributed by atoms with Gasteiger partial charge in [0.05, 0.1) is 7.11 Å². The number of carbonyl (C=O) groups is 1. The Kier molecular flexibility index (Phi) is 6.93. The highest BCUT2D eigenvalue weighted by molar-refractivity contribution is 7.82. The van der Waals surface area contributed by atoms with Gasteiger partial charge in [-0.3, -0.25) is 5.32 Å². The molecule has 2 heterocycles. The minimum Gasteiger partial charge on any atom is -0.497 e. The van der Waals surface area contributed by atoms with Gasteiger partial charge in [-0.05, 0) is 37.1 Å². The van der Waals surface area contributed by atoms with E-state index in [1.807, 2.05) is 28.6 Å². The molecule has 1 aromatic heterocycles. The Morgan fingerprint density at radius 3 is 2.53 bits per heavy atom. The van der Waals surface area contributed by atoms with E-state index in [0.717, 1.165) is 36.5 Å². The van der Waals surface area contributed by atoms with Crippen molar-refractivity contribution in [3.05, 3.63) is 60.9 Å². The fourth-order valence-electron chi connectivity index (χ4n) is 3.37. The number of benzene rings is 2. The van der Waals surface area contributed by atoms with Gasteiger partial charge < -0.3 is 15.4 Å². The zero-order chi connectivity index (χ0) is 22.3. The third-order valence-corrected chi connectivity index (χ3v) is 6.55. The smallest absolute Gasteiger partial charge is 0.324 e. The Morgan fingerprint density at radius 2 is 1.72 bits per heavy atom. The number of anilines is 4. The van der Waals surface area contributed by atoms with Gasteiger partial charge in [0.2, 0.25) is 0 Å². The highest BCUT2D eigenvalue weighted by Crippen LogP contribution is 2.23. The fourth-order valence-corrected chi connectivity index (χ4v) is 4.81. The van der Waals surface area contributed by atoms with Crippen molar-refractivity contribution in [2.45, 2.75) is 17.7 Å². The maximum atomic E-state index is 12.8. The minimum atomic E-state index is -1.58. The molecule has 10 heteroatoms. The van der Waals surface area contributed by atoms with Gasteiger partial charge in [0.15, 0.2) is 15.9 Å². The summed E-state index contributed by atoms with van der Waals surface area (Å²) in [7, 11) is -0.0130. The normalized spacial score (nSPS) is 14.5. The van der Waals surface area contributed by atoms with E-state index in [9.17, 15) is 9.00 Å². The van der Waals surface area contributed by atoms with Gasteiger partial charge in [-0.25, -0.2) is 14.8 Å². The first-order chi connectivity index (χ1) is 15.6. The fraction of sp³-hybridized carbons (Fsp3) is 0.227. The summed E-state index contributed by atoms with van der Waals surface area (Å²) in [4.78, 5) is 21.4. The number of nitrogens with one attached hydrogen (secondary N) is 3. The lowest BCUT2D eigenvalue weighted by molar-refractivity contribution is 0.262. The van der Waals surface area contributed by atoms with Crippen LogP contribution in [-0.4, -0.2) is 40.5 Å². The standard InChI is InChI=1S/C22H24N6O3S/c1-31-18-8-4-6-16(12-18)26-22(29)27-21-14-20(23-15-24-21)25-17-7-5-9-19(13-17)32(30)28-10-2-3-11-28/h4-9,12-15H,2-3,10-11H2,1H3,(H3,23,24,25,26,27,29)/p+1. The topological polar surface area (TPSA) is 108 Å². The lowest BCUT2D eigenvalue weighted by atomic mass is 10.3. The summed E-state index contributed by atoms with van der Waals surface area (Å²) in [6.07, 6.45) is 3.53. The average Bonchev–Trinajstić information content (AvgIpc) is 3.34. The number of hydrogen-bond donors (Lipinski definition) is 3. The summed E-state index contributed by atoms with van der Waals surface area (Å²) in [5, 5.41) is 8.60. The van der Waals surface area contributed by atoms with Crippen molar-refractivity contribution in [2.75, 3.05) is 36.1 Å². The molecule has 3 aromatic rings. The predicted octanol–water partition coefficient (Wildman–Crippen LogP) is 3.94. The lowest BCUT2D eigenvalue weighted by Crippen LogP contribution is -2.21. The number of nitrogens with zero attached hydrogens (tertiary/aromatic N) is 3. The van der Waals surface area contributed by atoms with Crippen molar-refractivity contribution < 1.29 is 13.7 Å². The van der Waals surface area contributed by atoms with Crippen LogP contribution in [0.15, 0.2) is 65.8 Å². The molecule has 166 valence electrons. The third-order valence-electron chi connectivity index (χ3n) is 4.92. The molecule has 1 fully saturated rings. The van der Waals surface area contributed by atoms with E-state index in [2.05, 4.69) is 25.9 Å². The first-order valence-electron chi connectivity index (χ1n) is 10.2. The van der Waals surface area contributed by atoms with Crippen molar-refractivity contribution in [3.63, 3.8) is 0 Å².